The van der Waals surface area contributed by atoms with Gasteiger partial charge in [-0.15, -0.1) is 0 Å². The SMILES string of the molecule is NC(=O)[C@H](Cc1ccccc1)NC(=O)[C@H](CCCN=C(N)N)NC(=O)Cc1ccccc1Cl. The van der Waals surface area contributed by atoms with Gasteiger partial charge in [0.15, 0.2) is 5.96 Å². The number of aliphatic imine (C=N–C) groups is 1. The number of nitrogens with two attached hydrogens (primary N) is 3. The number of carbonyl (C=O) groups is 3. The van der Waals surface area contributed by atoms with E-state index in [9.17, 15) is 14.4 Å². The number of halogens is 1. The fourth-order valence-electron chi connectivity index (χ4n) is 3.18. The molecule has 0 saturated carbocycles. The highest BCUT2D eigenvalue weighted by Gasteiger charge is 2.26. The van der Waals surface area contributed by atoms with Crippen LogP contribution in [0.5, 0.6) is 0 Å². The van der Waals surface area contributed by atoms with Gasteiger partial charge in [0.05, 0.1) is 6.42 Å². The molecule has 2 aromatic rings. The zero-order valence-electron chi connectivity index (χ0n) is 18.2. The number of amides is 3. The first-order valence-electron chi connectivity index (χ1n) is 10.5. The first-order valence-corrected chi connectivity index (χ1v) is 10.9. The minimum absolute atomic E-state index is 0.000613. The molecule has 10 heteroatoms. The summed E-state index contributed by atoms with van der Waals surface area (Å²) in [5.41, 5.74) is 17.7. The molecule has 0 saturated heterocycles. The van der Waals surface area contributed by atoms with E-state index < -0.39 is 23.9 Å². The highest BCUT2D eigenvalue weighted by molar-refractivity contribution is 6.31. The van der Waals surface area contributed by atoms with E-state index in [-0.39, 0.29) is 37.7 Å². The van der Waals surface area contributed by atoms with Crippen molar-refractivity contribution in [2.24, 2.45) is 22.2 Å². The third-order valence-electron chi connectivity index (χ3n) is 4.85. The number of nitrogens with zero attached hydrogens (tertiary/aromatic N) is 1. The number of guanidine groups is 1. The lowest BCUT2D eigenvalue weighted by Gasteiger charge is -2.22. The van der Waals surface area contributed by atoms with Crippen LogP contribution in [-0.4, -0.2) is 42.3 Å². The number of benzene rings is 2. The minimum Gasteiger partial charge on any atom is -0.370 e. The minimum atomic E-state index is -0.930. The van der Waals surface area contributed by atoms with E-state index in [4.69, 9.17) is 28.8 Å². The lowest BCUT2D eigenvalue weighted by Crippen LogP contribution is -2.53. The van der Waals surface area contributed by atoms with Crippen molar-refractivity contribution in [3.8, 4) is 0 Å². The molecule has 0 spiro atoms. The molecule has 2 aromatic carbocycles. The molecule has 9 nitrogen and oxygen atoms in total. The summed E-state index contributed by atoms with van der Waals surface area (Å²) in [5, 5.41) is 5.83. The number of nitrogens with one attached hydrogen (secondary N) is 2. The van der Waals surface area contributed by atoms with Gasteiger partial charge in [-0.2, -0.15) is 0 Å². The van der Waals surface area contributed by atoms with E-state index in [1.165, 1.54) is 0 Å². The van der Waals surface area contributed by atoms with Crippen LogP contribution in [0.2, 0.25) is 5.02 Å². The molecule has 0 aliphatic carbocycles. The zero-order valence-corrected chi connectivity index (χ0v) is 18.9. The summed E-state index contributed by atoms with van der Waals surface area (Å²) < 4.78 is 0. The quantitative estimate of drug-likeness (QED) is 0.173. The smallest absolute Gasteiger partial charge is 0.243 e. The van der Waals surface area contributed by atoms with Gasteiger partial charge < -0.3 is 27.8 Å². The Morgan fingerprint density at radius 3 is 2.21 bits per heavy atom. The summed E-state index contributed by atoms with van der Waals surface area (Å²) in [5.74, 6) is -1.64. The second-order valence-electron chi connectivity index (χ2n) is 7.49. The Bertz CT molecular complexity index is 979. The highest BCUT2D eigenvalue weighted by atomic mass is 35.5. The number of rotatable bonds is 12. The average Bonchev–Trinajstić information content (AvgIpc) is 2.77. The van der Waals surface area contributed by atoms with Crippen molar-refractivity contribution in [2.45, 2.75) is 37.8 Å². The summed E-state index contributed by atoms with van der Waals surface area (Å²) in [6.45, 7) is 0.287. The van der Waals surface area contributed by atoms with Crippen molar-refractivity contribution in [1.82, 2.24) is 10.6 Å². The van der Waals surface area contributed by atoms with Crippen LogP contribution in [-0.2, 0) is 27.2 Å². The Labute approximate surface area is 197 Å². The van der Waals surface area contributed by atoms with E-state index in [2.05, 4.69) is 15.6 Å². The number of hydrogen-bond acceptors (Lipinski definition) is 4. The molecular formula is C23H29ClN6O3. The zero-order chi connectivity index (χ0) is 24.2. The average molecular weight is 473 g/mol. The number of carbonyl (C=O) groups excluding carboxylic acids is 3. The van der Waals surface area contributed by atoms with E-state index in [0.717, 1.165) is 5.56 Å². The van der Waals surface area contributed by atoms with Gasteiger partial charge in [0.25, 0.3) is 0 Å². The molecule has 0 bridgehead atoms. The van der Waals surface area contributed by atoms with E-state index in [1.807, 2.05) is 30.3 Å². The molecule has 0 aromatic heterocycles. The van der Waals surface area contributed by atoms with Crippen molar-refractivity contribution in [2.75, 3.05) is 6.54 Å². The molecule has 176 valence electrons. The molecule has 3 amide bonds. The van der Waals surface area contributed by atoms with Crippen molar-refractivity contribution >= 4 is 35.3 Å². The van der Waals surface area contributed by atoms with Gasteiger partial charge >= 0.3 is 0 Å². The maximum atomic E-state index is 13.0. The molecule has 2 atom stereocenters. The largest absolute Gasteiger partial charge is 0.370 e. The van der Waals surface area contributed by atoms with Gasteiger partial charge in [0, 0.05) is 18.0 Å². The molecule has 0 radical (unpaired) electrons. The summed E-state index contributed by atoms with van der Waals surface area (Å²) in [6.07, 6.45) is 0.923. The Morgan fingerprint density at radius 2 is 1.58 bits per heavy atom. The monoisotopic (exact) mass is 472 g/mol. The molecule has 0 aliphatic heterocycles. The van der Waals surface area contributed by atoms with Gasteiger partial charge in [0.2, 0.25) is 17.7 Å². The molecule has 0 heterocycles. The summed E-state index contributed by atoms with van der Waals surface area (Å²) in [6, 6.07) is 14.3. The second-order valence-corrected chi connectivity index (χ2v) is 7.90. The van der Waals surface area contributed by atoms with Crippen LogP contribution in [0.1, 0.15) is 24.0 Å². The Balaban J connectivity index is 2.08. The van der Waals surface area contributed by atoms with Gasteiger partial charge in [-0.3, -0.25) is 19.4 Å². The lowest BCUT2D eigenvalue weighted by atomic mass is 10.0. The van der Waals surface area contributed by atoms with Gasteiger partial charge in [0.1, 0.15) is 12.1 Å². The molecular weight excluding hydrogens is 444 g/mol. The molecule has 33 heavy (non-hydrogen) atoms. The maximum Gasteiger partial charge on any atom is 0.243 e. The molecule has 0 unspecified atom stereocenters. The van der Waals surface area contributed by atoms with Gasteiger partial charge in [-0.1, -0.05) is 60.1 Å². The van der Waals surface area contributed by atoms with Crippen LogP contribution in [0.3, 0.4) is 0 Å². The van der Waals surface area contributed by atoms with Crippen LogP contribution in [0, 0.1) is 0 Å². The normalized spacial score (nSPS) is 12.3. The van der Waals surface area contributed by atoms with Crippen LogP contribution in [0.25, 0.3) is 0 Å². The van der Waals surface area contributed by atoms with Gasteiger partial charge in [-0.05, 0) is 30.0 Å². The van der Waals surface area contributed by atoms with Crippen molar-refractivity contribution in [1.29, 1.82) is 0 Å². The van der Waals surface area contributed by atoms with Gasteiger partial charge in [-0.25, -0.2) is 0 Å². The van der Waals surface area contributed by atoms with Crippen LogP contribution in [0.4, 0.5) is 0 Å². The molecule has 0 aliphatic rings. The first kappa shape index (κ1) is 25.7. The maximum absolute atomic E-state index is 13.0. The fraction of sp³-hybridized carbons (Fsp3) is 0.304. The molecule has 8 N–H and O–H groups in total. The predicted octanol–water partition coefficient (Wildman–Crippen LogP) is 0.634. The highest BCUT2D eigenvalue weighted by Crippen LogP contribution is 2.15. The predicted molar refractivity (Wildman–Crippen MR) is 128 cm³/mol. The second kappa shape index (κ2) is 13.1. The Hall–Kier alpha value is -3.59. The van der Waals surface area contributed by atoms with Crippen LogP contribution >= 0.6 is 11.6 Å². The van der Waals surface area contributed by atoms with E-state index in [1.54, 1.807) is 24.3 Å². The fourth-order valence-corrected chi connectivity index (χ4v) is 3.38. The number of primary amides is 1. The van der Waals surface area contributed by atoms with Crippen LogP contribution < -0.4 is 27.8 Å². The molecule has 0 fully saturated rings. The van der Waals surface area contributed by atoms with Crippen molar-refractivity contribution < 1.29 is 14.4 Å². The number of hydrogen-bond donors (Lipinski definition) is 5. The summed E-state index contributed by atoms with van der Waals surface area (Å²) >= 11 is 6.13. The van der Waals surface area contributed by atoms with E-state index >= 15 is 0 Å². The summed E-state index contributed by atoms with van der Waals surface area (Å²) in [4.78, 5) is 41.5. The first-order chi connectivity index (χ1) is 15.8. The third kappa shape index (κ3) is 9.20. The van der Waals surface area contributed by atoms with Crippen molar-refractivity contribution in [3.63, 3.8) is 0 Å². The summed E-state index contributed by atoms with van der Waals surface area (Å²) in [7, 11) is 0. The Morgan fingerprint density at radius 1 is 0.909 bits per heavy atom. The van der Waals surface area contributed by atoms with Crippen molar-refractivity contribution in [3.05, 3.63) is 70.7 Å². The topological polar surface area (TPSA) is 166 Å². The standard InChI is InChI=1S/C23H29ClN6O3/c24-17-10-5-4-9-16(17)14-20(31)29-18(11-6-12-28-23(26)27)22(33)30-19(21(25)32)13-15-7-2-1-3-8-15/h1-5,7-10,18-19H,6,11-14H2,(H2,25,32)(H,29,31)(H,30,33)(H4,26,27,28)/t18-,19-/m0/s1. The Kier molecular flexibility index (Phi) is 10.2. The lowest BCUT2D eigenvalue weighted by molar-refractivity contribution is -0.131. The van der Waals surface area contributed by atoms with E-state index in [0.29, 0.717) is 17.0 Å². The molecule has 2 rings (SSSR count). The third-order valence-corrected chi connectivity index (χ3v) is 5.22. The van der Waals surface area contributed by atoms with Crippen LogP contribution in [0.15, 0.2) is 59.6 Å².